The maximum Gasteiger partial charge on any atom is 0.450 e. The topological polar surface area (TPSA) is 102 Å². The van der Waals surface area contributed by atoms with Crippen LogP contribution in [-0.4, -0.2) is 24.7 Å². The number of H-pyrrole nitrogens is 1. The van der Waals surface area contributed by atoms with Crippen molar-refractivity contribution in [2.24, 2.45) is 0 Å². The monoisotopic (exact) mass is 387 g/mol. The van der Waals surface area contributed by atoms with E-state index in [1.54, 1.807) is 18.2 Å². The Morgan fingerprint density at radius 3 is 2.75 bits per heavy atom. The summed E-state index contributed by atoms with van der Waals surface area (Å²) in [7, 11) is 0. The molecular weight excluding hydrogens is 379 g/mol. The Balaban J connectivity index is 1.69. The molecule has 0 aliphatic rings. The van der Waals surface area contributed by atoms with Gasteiger partial charge in [-0.15, -0.1) is 0 Å². The van der Waals surface area contributed by atoms with Crippen molar-refractivity contribution in [3.63, 3.8) is 0 Å². The van der Waals surface area contributed by atoms with Gasteiger partial charge in [-0.3, -0.25) is 0 Å². The highest BCUT2D eigenvalue weighted by Gasteiger charge is 2.41. The number of aromatic amines is 1. The maximum atomic E-state index is 13.5. The summed E-state index contributed by atoms with van der Waals surface area (Å²) in [6.45, 7) is 0. The number of fused-ring (bicyclic) bond motifs is 2. The van der Waals surface area contributed by atoms with Gasteiger partial charge in [0.05, 0.1) is 5.56 Å². The van der Waals surface area contributed by atoms with E-state index in [1.807, 2.05) is 0 Å². The number of nitrogens with zero attached hydrogens (tertiary/aromatic N) is 4. The molecule has 4 aromatic heterocycles. The fourth-order valence-electron chi connectivity index (χ4n) is 2.94. The number of hydrogen-bond donors (Lipinski definition) is 1. The summed E-state index contributed by atoms with van der Waals surface area (Å²) in [4.78, 5) is 15.8. The second-order valence-electron chi connectivity index (χ2n) is 5.90. The highest BCUT2D eigenvalue weighted by atomic mass is 19.4. The molecule has 0 aliphatic carbocycles. The van der Waals surface area contributed by atoms with Gasteiger partial charge >= 0.3 is 11.9 Å². The van der Waals surface area contributed by atoms with Crippen molar-refractivity contribution in [3.05, 3.63) is 58.8 Å². The molecule has 1 aromatic carbocycles. The maximum absolute atomic E-state index is 13.5. The first-order valence-corrected chi connectivity index (χ1v) is 7.92. The third-order valence-electron chi connectivity index (χ3n) is 4.16. The normalized spacial score (nSPS) is 12.2. The van der Waals surface area contributed by atoms with Crippen LogP contribution in [0.4, 0.5) is 13.2 Å². The van der Waals surface area contributed by atoms with Crippen LogP contribution in [0.1, 0.15) is 5.76 Å². The van der Waals surface area contributed by atoms with Crippen molar-refractivity contribution in [2.45, 2.75) is 6.18 Å². The van der Waals surface area contributed by atoms with Gasteiger partial charge in [0.15, 0.2) is 5.65 Å². The second kappa shape index (κ2) is 5.55. The van der Waals surface area contributed by atoms with Crippen LogP contribution in [0.2, 0.25) is 0 Å². The van der Waals surface area contributed by atoms with Crippen LogP contribution in [0.25, 0.3) is 39.5 Å². The van der Waals surface area contributed by atoms with E-state index in [-0.39, 0.29) is 28.2 Å². The molecule has 0 aliphatic heterocycles. The zero-order chi connectivity index (χ0) is 19.5. The summed E-state index contributed by atoms with van der Waals surface area (Å²) in [6, 6.07) is 9.15. The van der Waals surface area contributed by atoms with Gasteiger partial charge in [-0.2, -0.15) is 23.3 Å². The minimum absolute atomic E-state index is 0.0170. The molecule has 0 spiro atoms. The predicted octanol–water partition coefficient (Wildman–Crippen LogP) is 3.50. The van der Waals surface area contributed by atoms with Crippen LogP contribution in [0.15, 0.2) is 56.3 Å². The van der Waals surface area contributed by atoms with Crippen LogP contribution in [0, 0.1) is 0 Å². The van der Waals surface area contributed by atoms with Gasteiger partial charge in [-0.05, 0) is 18.2 Å². The van der Waals surface area contributed by atoms with Crippen LogP contribution >= 0.6 is 0 Å². The smallest absolute Gasteiger partial charge is 0.450 e. The Morgan fingerprint density at radius 1 is 1.11 bits per heavy atom. The number of furan rings is 1. The van der Waals surface area contributed by atoms with Gasteiger partial charge in [0.1, 0.15) is 5.58 Å². The molecule has 0 saturated carbocycles. The number of hydrogen-bond acceptors (Lipinski definition) is 6. The summed E-state index contributed by atoms with van der Waals surface area (Å²) >= 11 is 0. The van der Waals surface area contributed by atoms with Gasteiger partial charge in [-0.1, -0.05) is 23.4 Å². The zero-order valence-electron chi connectivity index (χ0n) is 13.7. The molecule has 5 aromatic rings. The fourth-order valence-corrected chi connectivity index (χ4v) is 2.94. The van der Waals surface area contributed by atoms with E-state index in [0.717, 1.165) is 0 Å². The molecule has 0 radical (unpaired) electrons. The van der Waals surface area contributed by atoms with Gasteiger partial charge < -0.3 is 8.94 Å². The van der Waals surface area contributed by atoms with Crippen molar-refractivity contribution in [2.75, 3.05) is 0 Å². The molecule has 11 heteroatoms. The largest absolute Gasteiger partial charge is 0.451 e. The molecule has 0 bridgehead atoms. The third-order valence-corrected chi connectivity index (χ3v) is 4.16. The van der Waals surface area contributed by atoms with E-state index in [9.17, 15) is 18.0 Å². The van der Waals surface area contributed by atoms with E-state index in [2.05, 4.69) is 20.3 Å². The second-order valence-corrected chi connectivity index (χ2v) is 5.90. The van der Waals surface area contributed by atoms with Gasteiger partial charge in [0.2, 0.25) is 11.6 Å². The Labute approximate surface area is 152 Å². The molecule has 0 unspecified atom stereocenters. The number of rotatable bonds is 2. The van der Waals surface area contributed by atoms with Crippen LogP contribution < -0.4 is 5.69 Å². The van der Waals surface area contributed by atoms with Gasteiger partial charge in [0.25, 0.3) is 5.89 Å². The summed E-state index contributed by atoms with van der Waals surface area (Å²) in [5, 5.41) is 10.0. The van der Waals surface area contributed by atoms with Gasteiger partial charge in [-0.25, -0.2) is 14.3 Å². The Morgan fingerprint density at radius 2 is 1.93 bits per heavy atom. The molecule has 8 nitrogen and oxygen atoms in total. The van der Waals surface area contributed by atoms with Gasteiger partial charge in [0, 0.05) is 17.1 Å². The summed E-state index contributed by atoms with van der Waals surface area (Å²) < 4.78 is 51.7. The lowest BCUT2D eigenvalue weighted by molar-refractivity contribution is -0.151. The van der Waals surface area contributed by atoms with Crippen LogP contribution in [0.5, 0.6) is 0 Å². The predicted molar refractivity (Wildman–Crippen MR) is 89.3 cm³/mol. The first-order valence-electron chi connectivity index (χ1n) is 7.92. The number of aromatic nitrogens is 5. The number of pyridine rings is 1. The van der Waals surface area contributed by atoms with E-state index in [0.29, 0.717) is 11.2 Å². The summed E-state index contributed by atoms with van der Waals surface area (Å²) in [5.41, 5.74) is -0.00915. The molecule has 140 valence electrons. The third kappa shape index (κ3) is 2.40. The lowest BCUT2D eigenvalue weighted by Gasteiger charge is -2.03. The molecule has 4 heterocycles. The molecule has 28 heavy (non-hydrogen) atoms. The minimum Gasteiger partial charge on any atom is -0.451 e. The quantitative estimate of drug-likeness (QED) is 0.497. The van der Waals surface area contributed by atoms with Crippen molar-refractivity contribution >= 4 is 16.6 Å². The first kappa shape index (κ1) is 16.3. The van der Waals surface area contributed by atoms with Crippen molar-refractivity contribution in [1.29, 1.82) is 0 Å². The van der Waals surface area contributed by atoms with E-state index in [1.165, 1.54) is 28.8 Å². The fraction of sp³-hybridized carbons (Fsp3) is 0.0588. The lowest BCUT2D eigenvalue weighted by Crippen LogP contribution is -2.08. The van der Waals surface area contributed by atoms with Crippen molar-refractivity contribution in [1.82, 2.24) is 24.7 Å². The van der Waals surface area contributed by atoms with E-state index < -0.39 is 17.6 Å². The summed E-state index contributed by atoms with van der Waals surface area (Å²) in [5.74, 6) is -1.54. The standard InChI is InChI=1S/C17H8F3N5O3/c18-17(19,20)13-12(9-3-1-2-4-10(9)27-13)15-21-14(24-28-15)8-5-6-11-22-23-16(26)25(11)7-8/h1-7H,(H,23,26). The number of benzene rings is 1. The number of alkyl halides is 3. The number of para-hydroxylation sites is 1. The van der Waals surface area contributed by atoms with Crippen LogP contribution in [-0.2, 0) is 6.18 Å². The SMILES string of the molecule is O=c1[nH]nc2ccc(-c3noc(-c4c(C(F)(F)F)oc5ccccc45)n3)cn12. The molecule has 5 rings (SSSR count). The van der Waals surface area contributed by atoms with Crippen molar-refractivity contribution < 1.29 is 22.1 Å². The lowest BCUT2D eigenvalue weighted by atomic mass is 10.1. The highest BCUT2D eigenvalue weighted by molar-refractivity contribution is 5.93. The average Bonchev–Trinajstić information content (AvgIpc) is 3.37. The molecule has 1 N–H and O–H groups in total. The number of nitrogens with one attached hydrogen (secondary N) is 1. The molecule has 0 saturated heterocycles. The van der Waals surface area contributed by atoms with Crippen LogP contribution in [0.3, 0.4) is 0 Å². The molecule has 0 fully saturated rings. The Kier molecular flexibility index (Phi) is 3.23. The Hall–Kier alpha value is -3.89. The van der Waals surface area contributed by atoms with E-state index >= 15 is 0 Å². The van der Waals surface area contributed by atoms with E-state index in [4.69, 9.17) is 8.94 Å². The number of halogens is 3. The first-order chi connectivity index (χ1) is 13.4. The highest BCUT2D eigenvalue weighted by Crippen LogP contribution is 2.43. The zero-order valence-corrected chi connectivity index (χ0v) is 13.7. The summed E-state index contributed by atoms with van der Waals surface area (Å²) in [6.07, 6.45) is -3.33. The average molecular weight is 387 g/mol. The minimum atomic E-state index is -4.74. The molecule has 0 amide bonds. The van der Waals surface area contributed by atoms with Crippen molar-refractivity contribution in [3.8, 4) is 22.8 Å². The Bertz CT molecular complexity index is 1390. The molecular formula is C17H8F3N5O3. The molecule has 0 atom stereocenters.